The van der Waals surface area contributed by atoms with Gasteiger partial charge in [0.05, 0.1) is 5.75 Å². The molecule has 0 bridgehead atoms. The van der Waals surface area contributed by atoms with Crippen molar-refractivity contribution in [2.45, 2.75) is 58.8 Å². The Labute approximate surface area is 236 Å². The molecule has 3 aromatic carbocycles. The van der Waals surface area contributed by atoms with Crippen molar-refractivity contribution in [1.29, 1.82) is 0 Å². The van der Waals surface area contributed by atoms with Gasteiger partial charge in [0.1, 0.15) is 0 Å². The fourth-order valence-electron chi connectivity index (χ4n) is 4.13. The van der Waals surface area contributed by atoms with Crippen LogP contribution in [0.5, 0.6) is 17.2 Å². The van der Waals surface area contributed by atoms with Crippen LogP contribution < -0.4 is 9.47 Å². The molecule has 0 amide bonds. The van der Waals surface area contributed by atoms with Crippen LogP contribution in [0.3, 0.4) is 0 Å². The molecule has 37 heavy (non-hydrogen) atoms. The average Bonchev–Trinajstić information content (AvgIpc) is 2.89. The van der Waals surface area contributed by atoms with E-state index in [-0.39, 0.29) is 0 Å². The summed E-state index contributed by atoms with van der Waals surface area (Å²) in [5, 5.41) is 0. The molecule has 4 rings (SSSR count). The third-order valence-electron chi connectivity index (χ3n) is 6.11. The normalized spacial score (nSPS) is 14.1. The first-order chi connectivity index (χ1) is 17.8. The van der Waals surface area contributed by atoms with Crippen molar-refractivity contribution >= 4 is 24.0 Å². The van der Waals surface area contributed by atoms with Crippen molar-refractivity contribution in [2.75, 3.05) is 13.1 Å². The number of piperidine rings is 1. The molecule has 0 aliphatic carbocycles. The Kier molecular flexibility index (Phi) is 12.6. The Hall–Kier alpha value is -1.71. The maximum absolute atomic E-state index is 6.13. The van der Waals surface area contributed by atoms with Crippen molar-refractivity contribution in [2.24, 2.45) is 0 Å². The van der Waals surface area contributed by atoms with E-state index >= 15 is 0 Å². The van der Waals surface area contributed by atoms with Crippen molar-refractivity contribution in [3.05, 3.63) is 96.2 Å². The number of para-hydroxylation sites is 3. The molecule has 6 heteroatoms. The Morgan fingerprint density at radius 3 is 1.97 bits per heavy atom. The van der Waals surface area contributed by atoms with Crippen LogP contribution in [0.25, 0.3) is 0 Å². The zero-order chi connectivity index (χ0) is 26.6. The number of halogens is 2. The Morgan fingerprint density at radius 2 is 1.38 bits per heavy atom. The number of nitrogens with zero attached hydrogens (tertiary/aromatic N) is 1. The second-order valence-corrected chi connectivity index (χ2v) is 15.4. The van der Waals surface area contributed by atoms with Gasteiger partial charge in [-0.15, -0.1) is 0 Å². The molecule has 3 nitrogen and oxygen atoms in total. The summed E-state index contributed by atoms with van der Waals surface area (Å²) in [5.74, 6) is 3.62. The second-order valence-electron chi connectivity index (χ2n) is 9.65. The summed E-state index contributed by atoms with van der Waals surface area (Å²) in [4.78, 5) is 2.31. The summed E-state index contributed by atoms with van der Waals surface area (Å²) < 4.78 is 13.8. The van der Waals surface area contributed by atoms with Crippen molar-refractivity contribution in [3.63, 3.8) is 0 Å². The molecule has 0 spiro atoms. The van der Waals surface area contributed by atoms with Crippen molar-refractivity contribution in [3.8, 4) is 17.2 Å². The number of hydrogen-bond acceptors (Lipinski definition) is 3. The number of ether oxygens (including phenoxy) is 2. The standard InChI is InChI=1S/C18H28NO.C13H10O.2ClH.Ru/c1-14(2)16-9-8-10-17(15(3)4)18(16)20-13-19-11-6-5-7-12-19;1-11-7-5-6-10-13(11)14-12-8-3-2-4-9-12;;;/h8-10,13-15H,5-7,11-12H2,1-4H3;1-10H;2*1H;/q-1;;;;+2/p-2. The van der Waals surface area contributed by atoms with E-state index in [0.29, 0.717) is 11.8 Å². The van der Waals surface area contributed by atoms with Crippen LogP contribution in [0.15, 0.2) is 72.8 Å². The van der Waals surface area contributed by atoms with E-state index < -0.39 is 13.5 Å². The van der Waals surface area contributed by atoms with Gasteiger partial charge in [0.2, 0.25) is 0 Å². The van der Waals surface area contributed by atoms with E-state index in [1.807, 2.05) is 65.9 Å². The summed E-state index contributed by atoms with van der Waals surface area (Å²) in [7, 11) is 11.8. The molecule has 0 radical (unpaired) electrons. The molecule has 0 atom stereocenters. The molecule has 0 N–H and O–H groups in total. The summed E-state index contributed by atoms with van der Waals surface area (Å²) in [6.07, 6.45) is 3.91. The molecular weight excluding hydrogens is 590 g/mol. The van der Waals surface area contributed by atoms with Gasteiger partial charge in [-0.3, -0.25) is 0 Å². The van der Waals surface area contributed by atoms with E-state index in [0.717, 1.165) is 35.9 Å². The van der Waals surface area contributed by atoms with Crippen LogP contribution in [-0.4, -0.2) is 22.6 Å². The van der Waals surface area contributed by atoms with E-state index in [2.05, 4.69) is 50.8 Å². The predicted octanol–water partition coefficient (Wildman–Crippen LogP) is 9.47. The van der Waals surface area contributed by atoms with Gasteiger partial charge in [-0.25, -0.2) is 0 Å². The monoisotopic (exact) mass is 628 g/mol. The maximum atomic E-state index is 6.13. The number of benzene rings is 3. The molecule has 0 aromatic heterocycles. The average molecular weight is 629 g/mol. The van der Waals surface area contributed by atoms with Gasteiger partial charge in [-0.2, -0.15) is 0 Å². The minimum atomic E-state index is -1.83. The summed E-state index contributed by atoms with van der Waals surface area (Å²) in [6.45, 7) is 13.1. The first-order valence-corrected chi connectivity index (χ1v) is 18.3. The Morgan fingerprint density at radius 1 is 0.784 bits per heavy atom. The van der Waals surface area contributed by atoms with Crippen LogP contribution in [0.1, 0.15) is 75.5 Å². The fourth-order valence-corrected chi connectivity index (χ4v) is 5.93. The SMILES string of the molecule is CC(C)c1cccc(C(C)C)c1O[CH-]N1CCCCC1.[Cl][Ru]([Cl])=[CH]c1ccccc1Oc1ccccc1. The molecule has 1 saturated heterocycles. The number of hydrogen-bond donors (Lipinski definition) is 0. The Bertz CT molecular complexity index is 1100. The van der Waals surface area contributed by atoms with Crippen LogP contribution in [0, 0.1) is 6.73 Å². The van der Waals surface area contributed by atoms with Crippen LogP contribution in [0.4, 0.5) is 0 Å². The zero-order valence-corrected chi connectivity index (χ0v) is 25.4. The third kappa shape index (κ3) is 9.84. The van der Waals surface area contributed by atoms with E-state index in [9.17, 15) is 0 Å². The van der Waals surface area contributed by atoms with Crippen molar-refractivity contribution < 1.29 is 23.0 Å². The molecule has 202 valence electrons. The fraction of sp³-hybridized carbons (Fsp3) is 0.355. The summed E-state index contributed by atoms with van der Waals surface area (Å²) in [6, 6.07) is 23.9. The topological polar surface area (TPSA) is 21.7 Å². The van der Waals surface area contributed by atoms with Gasteiger partial charge in [0, 0.05) is 0 Å². The second kappa shape index (κ2) is 15.6. The van der Waals surface area contributed by atoms with Gasteiger partial charge < -0.3 is 9.64 Å². The van der Waals surface area contributed by atoms with Gasteiger partial charge in [0.25, 0.3) is 0 Å². The van der Waals surface area contributed by atoms with Gasteiger partial charge in [-0.1, -0.05) is 59.0 Å². The number of likely N-dealkylation sites (tertiary alicyclic amines) is 1. The summed E-state index contributed by atoms with van der Waals surface area (Å²) in [5.41, 5.74) is 3.56. The molecule has 0 saturated carbocycles. The van der Waals surface area contributed by atoms with Crippen molar-refractivity contribution in [1.82, 2.24) is 4.90 Å². The van der Waals surface area contributed by atoms with Gasteiger partial charge in [-0.05, 0) is 48.9 Å². The minimum absolute atomic E-state index is 0.485. The van der Waals surface area contributed by atoms with Gasteiger partial charge in [0.15, 0.2) is 0 Å². The molecule has 0 unspecified atom stereocenters. The first kappa shape index (κ1) is 29.8. The molecule has 1 aliphatic rings. The molecule has 1 fully saturated rings. The predicted molar refractivity (Wildman–Crippen MR) is 155 cm³/mol. The first-order valence-electron chi connectivity index (χ1n) is 12.9. The molecular formula is C31H38Cl2NO2Ru-. The Balaban J connectivity index is 0.000000208. The van der Waals surface area contributed by atoms with Crippen LogP contribution >= 0.6 is 19.4 Å². The quantitative estimate of drug-likeness (QED) is 0.183. The molecule has 1 aliphatic heterocycles. The number of rotatable bonds is 8. The van der Waals surface area contributed by atoms with E-state index in [4.69, 9.17) is 28.9 Å². The summed E-state index contributed by atoms with van der Waals surface area (Å²) >= 11 is -1.83. The van der Waals surface area contributed by atoms with Gasteiger partial charge >= 0.3 is 114 Å². The third-order valence-corrected chi connectivity index (χ3v) is 7.94. The van der Waals surface area contributed by atoms with Crippen LogP contribution in [-0.2, 0) is 13.5 Å². The van der Waals surface area contributed by atoms with E-state index in [1.54, 1.807) is 0 Å². The zero-order valence-electron chi connectivity index (χ0n) is 22.1. The van der Waals surface area contributed by atoms with Crippen LogP contribution in [0.2, 0.25) is 0 Å². The molecule has 1 heterocycles. The molecule has 3 aromatic rings. The van der Waals surface area contributed by atoms with E-state index in [1.165, 1.54) is 30.4 Å².